The average Bonchev–Trinajstić information content (AvgIpc) is 2.61. The molecule has 2 rings (SSSR count). The van der Waals surface area contributed by atoms with Crippen molar-refractivity contribution in [1.29, 1.82) is 0 Å². The summed E-state index contributed by atoms with van der Waals surface area (Å²) in [6, 6.07) is 5.93. The van der Waals surface area contributed by atoms with Gasteiger partial charge in [0.25, 0.3) is 0 Å². The van der Waals surface area contributed by atoms with Crippen LogP contribution < -0.4 is 10.5 Å². The van der Waals surface area contributed by atoms with Crippen molar-refractivity contribution in [3.63, 3.8) is 0 Å². The third kappa shape index (κ3) is 1.74. The third-order valence-corrected chi connectivity index (χ3v) is 1.87. The number of nitrogens with two attached hydrogens (primary N) is 1. The van der Waals surface area contributed by atoms with Crippen LogP contribution >= 0.6 is 0 Å². The molecule has 15 heavy (non-hydrogen) atoms. The molecule has 6 heteroatoms. The fourth-order valence-corrected chi connectivity index (χ4v) is 1.16. The second-order valence-electron chi connectivity index (χ2n) is 2.84. The average molecular weight is 208 g/mol. The Kier molecular flexibility index (Phi) is 2.24. The molecule has 78 valence electrons. The molecule has 0 spiro atoms. The maximum Gasteiger partial charge on any atom is 0.337 e. The molecule has 0 aliphatic carbocycles. The lowest BCUT2D eigenvalue weighted by molar-refractivity contribution is 0.380. The predicted molar refractivity (Wildman–Crippen MR) is 52.3 cm³/mol. The van der Waals surface area contributed by atoms with Crippen LogP contribution in [0.25, 0.3) is 5.69 Å². The lowest BCUT2D eigenvalue weighted by Crippen LogP contribution is -2.02. The molecule has 0 amide bonds. The minimum absolute atomic E-state index is 0.178. The number of rotatable bonds is 2. The van der Waals surface area contributed by atoms with E-state index in [0.717, 1.165) is 0 Å². The van der Waals surface area contributed by atoms with Crippen LogP contribution in [0.1, 0.15) is 0 Å². The molecule has 0 bridgehead atoms. The molecule has 0 aliphatic rings. The summed E-state index contributed by atoms with van der Waals surface area (Å²) < 4.78 is 18.9. The van der Waals surface area contributed by atoms with Crippen LogP contribution in [-0.4, -0.2) is 21.9 Å². The standard InChI is InChI=1S/C9H9FN4O/c1-15-9-12-8(11)14(13-9)7-4-2-6(10)3-5-7/h2-5H,1H3,(H2,11,12,13). The molecular weight excluding hydrogens is 199 g/mol. The van der Waals surface area contributed by atoms with Gasteiger partial charge in [-0.25, -0.2) is 4.39 Å². The molecule has 1 aromatic carbocycles. The number of hydrogen-bond donors (Lipinski definition) is 1. The van der Waals surface area contributed by atoms with Crippen LogP contribution in [0, 0.1) is 5.82 Å². The molecule has 5 nitrogen and oxygen atoms in total. The van der Waals surface area contributed by atoms with E-state index in [2.05, 4.69) is 10.1 Å². The van der Waals surface area contributed by atoms with E-state index < -0.39 is 0 Å². The lowest BCUT2D eigenvalue weighted by atomic mass is 10.3. The minimum atomic E-state index is -0.315. The third-order valence-electron chi connectivity index (χ3n) is 1.87. The van der Waals surface area contributed by atoms with Gasteiger partial charge in [0, 0.05) is 0 Å². The Morgan fingerprint density at radius 2 is 2.00 bits per heavy atom. The van der Waals surface area contributed by atoms with Crippen LogP contribution in [0.3, 0.4) is 0 Å². The number of benzene rings is 1. The Bertz CT molecular complexity index is 465. The number of anilines is 1. The van der Waals surface area contributed by atoms with E-state index in [0.29, 0.717) is 5.69 Å². The molecular formula is C9H9FN4O. The number of nitrogen functional groups attached to an aromatic ring is 1. The number of nitrogens with zero attached hydrogens (tertiary/aromatic N) is 3. The molecule has 0 unspecified atom stereocenters. The minimum Gasteiger partial charge on any atom is -0.466 e. The highest BCUT2D eigenvalue weighted by molar-refractivity contribution is 5.38. The molecule has 0 saturated heterocycles. The van der Waals surface area contributed by atoms with Crippen LogP contribution in [-0.2, 0) is 0 Å². The van der Waals surface area contributed by atoms with E-state index in [1.165, 1.54) is 23.9 Å². The van der Waals surface area contributed by atoms with Crippen LogP contribution in [0.5, 0.6) is 6.01 Å². The van der Waals surface area contributed by atoms with Crippen LogP contribution in [0.2, 0.25) is 0 Å². The van der Waals surface area contributed by atoms with Gasteiger partial charge in [0.05, 0.1) is 12.8 Å². The van der Waals surface area contributed by atoms with Crippen molar-refractivity contribution in [3.8, 4) is 11.7 Å². The molecule has 0 radical (unpaired) electrons. The molecule has 0 atom stereocenters. The first kappa shape index (κ1) is 9.45. The highest BCUT2D eigenvalue weighted by atomic mass is 19.1. The SMILES string of the molecule is COc1nc(N)n(-c2ccc(F)cc2)n1. The van der Waals surface area contributed by atoms with Gasteiger partial charge in [-0.15, -0.1) is 5.10 Å². The van der Waals surface area contributed by atoms with Gasteiger partial charge < -0.3 is 10.5 Å². The first-order valence-corrected chi connectivity index (χ1v) is 4.23. The van der Waals surface area contributed by atoms with Crippen molar-refractivity contribution in [2.24, 2.45) is 0 Å². The zero-order valence-corrected chi connectivity index (χ0v) is 8.01. The van der Waals surface area contributed by atoms with Gasteiger partial charge in [-0.1, -0.05) is 0 Å². The van der Waals surface area contributed by atoms with Crippen molar-refractivity contribution < 1.29 is 9.13 Å². The summed E-state index contributed by atoms with van der Waals surface area (Å²) >= 11 is 0. The zero-order chi connectivity index (χ0) is 10.8. The van der Waals surface area contributed by atoms with E-state index in [9.17, 15) is 4.39 Å². The lowest BCUT2D eigenvalue weighted by Gasteiger charge is -2.00. The maximum absolute atomic E-state index is 12.7. The summed E-state index contributed by atoms with van der Waals surface area (Å²) in [5, 5.41) is 3.96. The number of halogens is 1. The fraction of sp³-hybridized carbons (Fsp3) is 0.111. The molecule has 0 aliphatic heterocycles. The first-order valence-electron chi connectivity index (χ1n) is 4.23. The number of ether oxygens (including phenoxy) is 1. The summed E-state index contributed by atoms with van der Waals surface area (Å²) in [5.74, 6) is -0.122. The normalized spacial score (nSPS) is 10.3. The highest BCUT2D eigenvalue weighted by Crippen LogP contribution is 2.14. The molecule has 0 fully saturated rings. The van der Waals surface area contributed by atoms with Crippen molar-refractivity contribution in [1.82, 2.24) is 14.8 Å². The molecule has 1 aromatic heterocycles. The van der Waals surface area contributed by atoms with Crippen molar-refractivity contribution in [2.45, 2.75) is 0 Å². The second kappa shape index (κ2) is 3.56. The highest BCUT2D eigenvalue weighted by Gasteiger charge is 2.08. The van der Waals surface area contributed by atoms with Crippen LogP contribution in [0.15, 0.2) is 24.3 Å². The van der Waals surface area contributed by atoms with E-state index in [-0.39, 0.29) is 17.8 Å². The molecule has 2 N–H and O–H groups in total. The Labute approximate surface area is 85.3 Å². The Balaban J connectivity index is 2.44. The molecule has 0 saturated carbocycles. The van der Waals surface area contributed by atoms with Gasteiger partial charge in [0.15, 0.2) is 0 Å². The quantitative estimate of drug-likeness (QED) is 0.799. The summed E-state index contributed by atoms with van der Waals surface area (Å²) in [4.78, 5) is 3.84. The van der Waals surface area contributed by atoms with Crippen molar-refractivity contribution in [2.75, 3.05) is 12.8 Å². The summed E-state index contributed by atoms with van der Waals surface area (Å²) in [5.41, 5.74) is 6.23. The number of hydrogen-bond acceptors (Lipinski definition) is 4. The Hall–Kier alpha value is -2.11. The van der Waals surface area contributed by atoms with Gasteiger partial charge in [-0.2, -0.15) is 9.67 Å². The Morgan fingerprint density at radius 1 is 1.33 bits per heavy atom. The molecule has 2 aromatic rings. The zero-order valence-electron chi connectivity index (χ0n) is 8.01. The first-order chi connectivity index (χ1) is 7.20. The fourth-order valence-electron chi connectivity index (χ4n) is 1.16. The molecule has 1 heterocycles. The summed E-state index contributed by atoms with van der Waals surface area (Å²) in [7, 11) is 1.45. The Morgan fingerprint density at radius 3 is 2.53 bits per heavy atom. The topological polar surface area (TPSA) is 66.0 Å². The van der Waals surface area contributed by atoms with Crippen molar-refractivity contribution in [3.05, 3.63) is 30.1 Å². The van der Waals surface area contributed by atoms with E-state index >= 15 is 0 Å². The van der Waals surface area contributed by atoms with Gasteiger partial charge >= 0.3 is 6.01 Å². The van der Waals surface area contributed by atoms with Crippen molar-refractivity contribution >= 4 is 5.95 Å². The van der Waals surface area contributed by atoms with Gasteiger partial charge in [-0.3, -0.25) is 0 Å². The van der Waals surface area contributed by atoms with Gasteiger partial charge in [-0.05, 0) is 24.3 Å². The largest absolute Gasteiger partial charge is 0.466 e. The van der Waals surface area contributed by atoms with E-state index in [1.54, 1.807) is 12.1 Å². The monoisotopic (exact) mass is 208 g/mol. The van der Waals surface area contributed by atoms with Gasteiger partial charge in [0.1, 0.15) is 5.82 Å². The summed E-state index contributed by atoms with van der Waals surface area (Å²) in [6.45, 7) is 0. The maximum atomic E-state index is 12.7. The van der Waals surface area contributed by atoms with Crippen LogP contribution in [0.4, 0.5) is 10.3 Å². The van der Waals surface area contributed by atoms with Gasteiger partial charge in [0.2, 0.25) is 5.95 Å². The smallest absolute Gasteiger partial charge is 0.337 e. The predicted octanol–water partition coefficient (Wildman–Crippen LogP) is 0.997. The van der Waals surface area contributed by atoms with E-state index in [1.807, 2.05) is 0 Å². The van der Waals surface area contributed by atoms with E-state index in [4.69, 9.17) is 10.5 Å². The number of aromatic nitrogens is 3. The second-order valence-corrected chi connectivity index (χ2v) is 2.84. The summed E-state index contributed by atoms with van der Waals surface area (Å²) in [6.07, 6.45) is 0. The number of methoxy groups -OCH3 is 1.